The van der Waals surface area contributed by atoms with Crippen LogP contribution in [-0.2, 0) is 0 Å². The van der Waals surface area contributed by atoms with Gasteiger partial charge >= 0.3 is 0 Å². The second kappa shape index (κ2) is 4.58. The first-order valence-corrected chi connectivity index (χ1v) is 5.50. The van der Waals surface area contributed by atoms with Crippen LogP contribution in [-0.4, -0.2) is 16.3 Å². The van der Waals surface area contributed by atoms with Crippen molar-refractivity contribution in [2.45, 2.75) is 20.0 Å². The summed E-state index contributed by atoms with van der Waals surface area (Å²) in [6.45, 7) is 3.94. The van der Waals surface area contributed by atoms with E-state index in [9.17, 15) is 0 Å². The highest BCUT2D eigenvalue weighted by atomic mass is 35.5. The maximum atomic E-state index is 6.13. The van der Waals surface area contributed by atoms with Crippen molar-refractivity contribution in [3.8, 4) is 17.0 Å². The molecule has 0 unspecified atom stereocenters. The van der Waals surface area contributed by atoms with Crippen LogP contribution in [0.5, 0.6) is 5.75 Å². The summed E-state index contributed by atoms with van der Waals surface area (Å²) in [7, 11) is 0. The third-order valence-corrected chi connectivity index (χ3v) is 2.40. The monoisotopic (exact) mass is 236 g/mol. The molecular formula is C12H13ClN2O. The van der Waals surface area contributed by atoms with Gasteiger partial charge in [-0.15, -0.1) is 0 Å². The van der Waals surface area contributed by atoms with Crippen molar-refractivity contribution in [1.82, 2.24) is 10.2 Å². The molecule has 1 aromatic carbocycles. The van der Waals surface area contributed by atoms with E-state index >= 15 is 0 Å². The summed E-state index contributed by atoms with van der Waals surface area (Å²) >= 11 is 6.13. The number of halogens is 1. The average molecular weight is 237 g/mol. The summed E-state index contributed by atoms with van der Waals surface area (Å²) in [5.41, 5.74) is 1.94. The molecule has 0 radical (unpaired) electrons. The fourth-order valence-electron chi connectivity index (χ4n) is 1.43. The van der Waals surface area contributed by atoms with Gasteiger partial charge < -0.3 is 4.74 Å². The zero-order chi connectivity index (χ0) is 11.5. The largest absolute Gasteiger partial charge is 0.489 e. The van der Waals surface area contributed by atoms with E-state index in [2.05, 4.69) is 10.2 Å². The molecule has 2 rings (SSSR count). The molecule has 1 heterocycles. The van der Waals surface area contributed by atoms with Crippen LogP contribution in [0.1, 0.15) is 13.8 Å². The lowest BCUT2D eigenvalue weighted by atomic mass is 10.1. The van der Waals surface area contributed by atoms with Gasteiger partial charge in [0.05, 0.1) is 16.8 Å². The van der Waals surface area contributed by atoms with Gasteiger partial charge in [0, 0.05) is 11.8 Å². The third kappa shape index (κ3) is 2.36. The lowest BCUT2D eigenvalue weighted by Crippen LogP contribution is -2.05. The van der Waals surface area contributed by atoms with Crippen molar-refractivity contribution >= 4 is 11.6 Å². The molecule has 0 fully saturated rings. The van der Waals surface area contributed by atoms with Gasteiger partial charge in [0.25, 0.3) is 0 Å². The second-order valence-corrected chi connectivity index (χ2v) is 4.19. The minimum absolute atomic E-state index is 0.121. The molecule has 0 bridgehead atoms. The van der Waals surface area contributed by atoms with Gasteiger partial charge in [0.1, 0.15) is 5.75 Å². The summed E-state index contributed by atoms with van der Waals surface area (Å²) in [5.74, 6) is 0.708. The zero-order valence-corrected chi connectivity index (χ0v) is 9.95. The number of hydrogen-bond acceptors (Lipinski definition) is 2. The van der Waals surface area contributed by atoms with E-state index in [0.29, 0.717) is 10.8 Å². The highest BCUT2D eigenvalue weighted by molar-refractivity contribution is 6.32. The molecule has 0 spiro atoms. The second-order valence-electron chi connectivity index (χ2n) is 3.78. The van der Waals surface area contributed by atoms with Crippen molar-refractivity contribution in [2.24, 2.45) is 0 Å². The number of hydrogen-bond donors (Lipinski definition) is 1. The molecule has 0 saturated carbocycles. The first-order valence-electron chi connectivity index (χ1n) is 5.13. The number of benzene rings is 1. The highest BCUT2D eigenvalue weighted by Crippen LogP contribution is 2.30. The number of rotatable bonds is 3. The van der Waals surface area contributed by atoms with Crippen LogP contribution in [0.3, 0.4) is 0 Å². The van der Waals surface area contributed by atoms with Crippen molar-refractivity contribution in [2.75, 3.05) is 0 Å². The maximum Gasteiger partial charge on any atom is 0.138 e. The summed E-state index contributed by atoms with van der Waals surface area (Å²) < 4.78 is 5.56. The molecule has 0 atom stereocenters. The smallest absolute Gasteiger partial charge is 0.138 e. The normalized spacial score (nSPS) is 10.8. The molecule has 4 heteroatoms. The minimum Gasteiger partial charge on any atom is -0.489 e. The number of nitrogens with zero attached hydrogens (tertiary/aromatic N) is 1. The third-order valence-electron chi connectivity index (χ3n) is 2.11. The van der Waals surface area contributed by atoms with Crippen LogP contribution in [0.15, 0.2) is 30.5 Å². The van der Waals surface area contributed by atoms with Gasteiger partial charge in [-0.3, -0.25) is 5.10 Å². The Bertz CT molecular complexity index is 466. The SMILES string of the molecule is CC(C)Oc1ccc(-c2ccn[nH]2)cc1Cl. The van der Waals surface area contributed by atoms with E-state index in [1.54, 1.807) is 6.20 Å². The number of nitrogens with one attached hydrogen (secondary N) is 1. The summed E-state index contributed by atoms with van der Waals surface area (Å²) in [6, 6.07) is 7.59. The van der Waals surface area contributed by atoms with E-state index in [1.807, 2.05) is 38.1 Å². The Morgan fingerprint density at radius 1 is 1.31 bits per heavy atom. The molecule has 16 heavy (non-hydrogen) atoms. The molecule has 3 nitrogen and oxygen atoms in total. The van der Waals surface area contributed by atoms with Crippen LogP contribution in [0.25, 0.3) is 11.3 Å². The van der Waals surface area contributed by atoms with Gasteiger partial charge in [-0.05, 0) is 38.1 Å². The van der Waals surface area contributed by atoms with Crippen molar-refractivity contribution in [1.29, 1.82) is 0 Å². The van der Waals surface area contributed by atoms with Gasteiger partial charge in [0.15, 0.2) is 0 Å². The molecule has 84 valence electrons. The Kier molecular flexibility index (Phi) is 3.15. The van der Waals surface area contributed by atoms with E-state index in [0.717, 1.165) is 11.3 Å². The molecular weight excluding hydrogens is 224 g/mol. The fraction of sp³-hybridized carbons (Fsp3) is 0.250. The fourth-order valence-corrected chi connectivity index (χ4v) is 1.66. The predicted octanol–water partition coefficient (Wildman–Crippen LogP) is 3.52. The zero-order valence-electron chi connectivity index (χ0n) is 9.20. The van der Waals surface area contributed by atoms with Crippen LogP contribution < -0.4 is 4.74 Å². The summed E-state index contributed by atoms with van der Waals surface area (Å²) in [6.07, 6.45) is 1.83. The Labute approximate surface area is 99.4 Å². The molecule has 2 aromatic rings. The van der Waals surface area contributed by atoms with Crippen LogP contribution in [0.2, 0.25) is 5.02 Å². The van der Waals surface area contributed by atoms with Crippen LogP contribution >= 0.6 is 11.6 Å². The molecule has 0 aliphatic rings. The number of ether oxygens (including phenoxy) is 1. The molecule has 0 aliphatic carbocycles. The van der Waals surface area contributed by atoms with E-state index < -0.39 is 0 Å². The number of aromatic amines is 1. The average Bonchev–Trinajstić information content (AvgIpc) is 2.73. The van der Waals surface area contributed by atoms with Crippen molar-refractivity contribution < 1.29 is 4.74 Å². The van der Waals surface area contributed by atoms with E-state index in [4.69, 9.17) is 16.3 Å². The lowest BCUT2D eigenvalue weighted by Gasteiger charge is -2.11. The Hall–Kier alpha value is -1.48. The molecule has 1 N–H and O–H groups in total. The van der Waals surface area contributed by atoms with Gasteiger partial charge in [-0.2, -0.15) is 5.10 Å². The van der Waals surface area contributed by atoms with Crippen LogP contribution in [0.4, 0.5) is 0 Å². The number of H-pyrrole nitrogens is 1. The molecule has 0 amide bonds. The van der Waals surface area contributed by atoms with Crippen molar-refractivity contribution in [3.05, 3.63) is 35.5 Å². The summed E-state index contributed by atoms with van der Waals surface area (Å²) in [5, 5.41) is 7.40. The molecule has 0 aliphatic heterocycles. The van der Waals surface area contributed by atoms with Crippen molar-refractivity contribution in [3.63, 3.8) is 0 Å². The Morgan fingerprint density at radius 3 is 2.69 bits per heavy atom. The van der Waals surface area contributed by atoms with Gasteiger partial charge in [-0.25, -0.2) is 0 Å². The first kappa shape index (κ1) is 11.0. The Balaban J connectivity index is 2.29. The Morgan fingerprint density at radius 2 is 2.12 bits per heavy atom. The maximum absolute atomic E-state index is 6.13. The quantitative estimate of drug-likeness (QED) is 0.886. The summed E-state index contributed by atoms with van der Waals surface area (Å²) in [4.78, 5) is 0. The first-order chi connectivity index (χ1) is 7.66. The van der Waals surface area contributed by atoms with Gasteiger partial charge in [0.2, 0.25) is 0 Å². The number of aromatic nitrogens is 2. The van der Waals surface area contributed by atoms with E-state index in [1.165, 1.54) is 0 Å². The topological polar surface area (TPSA) is 37.9 Å². The standard InChI is InChI=1S/C12H13ClN2O/c1-8(2)16-12-4-3-9(7-10(12)13)11-5-6-14-15-11/h3-8H,1-2H3,(H,14,15). The van der Waals surface area contributed by atoms with Gasteiger partial charge in [-0.1, -0.05) is 11.6 Å². The lowest BCUT2D eigenvalue weighted by molar-refractivity contribution is 0.242. The van der Waals surface area contributed by atoms with Crippen LogP contribution in [0, 0.1) is 0 Å². The molecule has 0 saturated heterocycles. The predicted molar refractivity (Wildman–Crippen MR) is 64.8 cm³/mol. The minimum atomic E-state index is 0.121. The molecule has 1 aromatic heterocycles. The van der Waals surface area contributed by atoms with E-state index in [-0.39, 0.29) is 6.10 Å². The highest BCUT2D eigenvalue weighted by Gasteiger charge is 2.06.